The summed E-state index contributed by atoms with van der Waals surface area (Å²) in [5.74, 6) is 0.911. The predicted molar refractivity (Wildman–Crippen MR) is 72.6 cm³/mol. The number of rotatable bonds is 4. The molecule has 96 valence electrons. The summed E-state index contributed by atoms with van der Waals surface area (Å²) < 4.78 is 7.75. The highest BCUT2D eigenvalue weighted by molar-refractivity contribution is 5.52. The lowest BCUT2D eigenvalue weighted by Gasteiger charge is -2.12. The molecule has 4 nitrogen and oxygen atoms in total. The molecule has 0 spiro atoms. The quantitative estimate of drug-likeness (QED) is 0.842. The van der Waals surface area contributed by atoms with Crippen LogP contribution in [0.3, 0.4) is 0 Å². The molecule has 1 heterocycles. The standard InChI is InChI=1S/C14H19N3O/c1-4-17-8-12(7-16-17)9-18-14-10(2)5-13(15)6-11(14)3/h5-8H,4,9,15H2,1-3H3. The molecule has 0 atom stereocenters. The van der Waals surface area contributed by atoms with E-state index in [0.717, 1.165) is 34.7 Å². The smallest absolute Gasteiger partial charge is 0.125 e. The van der Waals surface area contributed by atoms with Gasteiger partial charge in [-0.25, -0.2) is 0 Å². The Labute approximate surface area is 107 Å². The van der Waals surface area contributed by atoms with Crippen LogP contribution in [0.15, 0.2) is 24.5 Å². The molecule has 2 rings (SSSR count). The van der Waals surface area contributed by atoms with Gasteiger partial charge in [0.05, 0.1) is 6.20 Å². The van der Waals surface area contributed by atoms with E-state index in [2.05, 4.69) is 12.0 Å². The maximum absolute atomic E-state index is 5.86. The van der Waals surface area contributed by atoms with Gasteiger partial charge in [-0.15, -0.1) is 0 Å². The summed E-state index contributed by atoms with van der Waals surface area (Å²) in [4.78, 5) is 0. The van der Waals surface area contributed by atoms with E-state index in [0.29, 0.717) is 6.61 Å². The Balaban J connectivity index is 2.10. The minimum atomic E-state index is 0.533. The second-order valence-corrected chi connectivity index (χ2v) is 4.48. The Morgan fingerprint density at radius 2 is 1.94 bits per heavy atom. The Hall–Kier alpha value is -1.97. The number of anilines is 1. The van der Waals surface area contributed by atoms with E-state index in [1.54, 1.807) is 0 Å². The van der Waals surface area contributed by atoms with Crippen molar-refractivity contribution in [3.05, 3.63) is 41.2 Å². The normalized spacial score (nSPS) is 10.6. The van der Waals surface area contributed by atoms with Gasteiger partial charge < -0.3 is 10.5 Å². The molecule has 0 saturated carbocycles. The van der Waals surface area contributed by atoms with Crippen LogP contribution in [-0.2, 0) is 13.2 Å². The number of benzene rings is 1. The number of aryl methyl sites for hydroxylation is 3. The fraction of sp³-hybridized carbons (Fsp3) is 0.357. The third-order valence-corrected chi connectivity index (χ3v) is 2.88. The van der Waals surface area contributed by atoms with Crippen LogP contribution in [0.4, 0.5) is 5.69 Å². The van der Waals surface area contributed by atoms with E-state index in [9.17, 15) is 0 Å². The molecule has 0 unspecified atom stereocenters. The molecule has 0 saturated heterocycles. The van der Waals surface area contributed by atoms with E-state index < -0.39 is 0 Å². The zero-order valence-corrected chi connectivity index (χ0v) is 11.1. The highest BCUT2D eigenvalue weighted by Gasteiger charge is 2.06. The SMILES string of the molecule is CCn1cc(COc2c(C)cc(N)cc2C)cn1. The topological polar surface area (TPSA) is 53.1 Å². The summed E-state index contributed by atoms with van der Waals surface area (Å²) in [6, 6.07) is 3.86. The predicted octanol–water partition coefficient (Wildman–Crippen LogP) is 2.68. The number of nitrogens with zero attached hydrogens (tertiary/aromatic N) is 2. The van der Waals surface area contributed by atoms with Crippen molar-refractivity contribution in [1.82, 2.24) is 9.78 Å². The lowest BCUT2D eigenvalue weighted by Crippen LogP contribution is -1.99. The fourth-order valence-corrected chi connectivity index (χ4v) is 2.02. The second kappa shape index (κ2) is 5.12. The third kappa shape index (κ3) is 2.64. The van der Waals surface area contributed by atoms with Crippen molar-refractivity contribution < 1.29 is 4.74 Å². The van der Waals surface area contributed by atoms with Crippen LogP contribution in [0, 0.1) is 13.8 Å². The molecule has 0 fully saturated rings. The Morgan fingerprint density at radius 3 is 2.50 bits per heavy atom. The maximum Gasteiger partial charge on any atom is 0.125 e. The van der Waals surface area contributed by atoms with Gasteiger partial charge in [0, 0.05) is 24.0 Å². The van der Waals surface area contributed by atoms with E-state index >= 15 is 0 Å². The number of ether oxygens (including phenoxy) is 1. The second-order valence-electron chi connectivity index (χ2n) is 4.48. The van der Waals surface area contributed by atoms with E-state index in [-0.39, 0.29) is 0 Å². The highest BCUT2D eigenvalue weighted by atomic mass is 16.5. The fourth-order valence-electron chi connectivity index (χ4n) is 2.02. The largest absolute Gasteiger partial charge is 0.488 e. The van der Waals surface area contributed by atoms with Crippen molar-refractivity contribution in [3.8, 4) is 5.75 Å². The molecule has 0 amide bonds. The highest BCUT2D eigenvalue weighted by Crippen LogP contribution is 2.26. The minimum Gasteiger partial charge on any atom is -0.488 e. The van der Waals surface area contributed by atoms with Gasteiger partial charge >= 0.3 is 0 Å². The van der Waals surface area contributed by atoms with Crippen LogP contribution in [0.5, 0.6) is 5.75 Å². The van der Waals surface area contributed by atoms with Crippen LogP contribution in [-0.4, -0.2) is 9.78 Å². The molecule has 4 heteroatoms. The number of aromatic nitrogens is 2. The molecule has 1 aromatic heterocycles. The summed E-state index contributed by atoms with van der Waals surface area (Å²) in [5.41, 5.74) is 9.77. The Morgan fingerprint density at radius 1 is 1.28 bits per heavy atom. The summed E-state index contributed by atoms with van der Waals surface area (Å²) in [7, 11) is 0. The van der Waals surface area contributed by atoms with Gasteiger partial charge in [-0.05, 0) is 44.0 Å². The first-order valence-electron chi connectivity index (χ1n) is 6.11. The lowest BCUT2D eigenvalue weighted by atomic mass is 10.1. The first-order chi connectivity index (χ1) is 8.60. The van der Waals surface area contributed by atoms with Gasteiger partial charge in [-0.3, -0.25) is 4.68 Å². The van der Waals surface area contributed by atoms with Crippen molar-refractivity contribution in [2.24, 2.45) is 0 Å². The minimum absolute atomic E-state index is 0.533. The van der Waals surface area contributed by atoms with Crippen molar-refractivity contribution in [3.63, 3.8) is 0 Å². The molecular formula is C14H19N3O. The molecular weight excluding hydrogens is 226 g/mol. The van der Waals surface area contributed by atoms with E-state index in [1.807, 2.05) is 43.1 Å². The molecule has 0 aliphatic carbocycles. The van der Waals surface area contributed by atoms with Crippen molar-refractivity contribution in [2.75, 3.05) is 5.73 Å². The molecule has 2 aromatic rings. The maximum atomic E-state index is 5.86. The number of hydrogen-bond acceptors (Lipinski definition) is 3. The molecule has 0 radical (unpaired) electrons. The molecule has 1 aromatic carbocycles. The summed E-state index contributed by atoms with van der Waals surface area (Å²) in [5, 5.41) is 4.22. The summed E-state index contributed by atoms with van der Waals surface area (Å²) in [6.45, 7) is 7.49. The number of nitrogens with two attached hydrogens (primary N) is 1. The van der Waals surface area contributed by atoms with Gasteiger partial charge in [0.1, 0.15) is 12.4 Å². The van der Waals surface area contributed by atoms with Crippen molar-refractivity contribution in [2.45, 2.75) is 33.9 Å². The zero-order chi connectivity index (χ0) is 13.1. The van der Waals surface area contributed by atoms with E-state index in [4.69, 9.17) is 10.5 Å². The van der Waals surface area contributed by atoms with Crippen LogP contribution < -0.4 is 10.5 Å². The van der Waals surface area contributed by atoms with Gasteiger partial charge in [-0.2, -0.15) is 5.10 Å². The van der Waals surface area contributed by atoms with Crippen LogP contribution >= 0.6 is 0 Å². The van der Waals surface area contributed by atoms with Crippen LogP contribution in [0.25, 0.3) is 0 Å². The van der Waals surface area contributed by atoms with Gasteiger partial charge in [0.15, 0.2) is 0 Å². The molecule has 0 aliphatic rings. The van der Waals surface area contributed by atoms with Gasteiger partial charge in [0.25, 0.3) is 0 Å². The first-order valence-corrected chi connectivity index (χ1v) is 6.11. The van der Waals surface area contributed by atoms with Gasteiger partial charge in [0.2, 0.25) is 0 Å². The molecule has 18 heavy (non-hydrogen) atoms. The Kier molecular flexibility index (Phi) is 3.55. The summed E-state index contributed by atoms with van der Waals surface area (Å²) >= 11 is 0. The van der Waals surface area contributed by atoms with Crippen molar-refractivity contribution >= 4 is 5.69 Å². The summed E-state index contributed by atoms with van der Waals surface area (Å²) in [6.07, 6.45) is 3.84. The Bertz CT molecular complexity index is 523. The van der Waals surface area contributed by atoms with Crippen LogP contribution in [0.2, 0.25) is 0 Å². The van der Waals surface area contributed by atoms with Crippen molar-refractivity contribution in [1.29, 1.82) is 0 Å². The zero-order valence-electron chi connectivity index (χ0n) is 11.1. The molecule has 2 N–H and O–H groups in total. The number of hydrogen-bond donors (Lipinski definition) is 1. The average Bonchev–Trinajstić information content (AvgIpc) is 2.75. The monoisotopic (exact) mass is 245 g/mol. The third-order valence-electron chi connectivity index (χ3n) is 2.88. The lowest BCUT2D eigenvalue weighted by molar-refractivity contribution is 0.302. The average molecular weight is 245 g/mol. The van der Waals surface area contributed by atoms with E-state index in [1.165, 1.54) is 0 Å². The molecule has 0 bridgehead atoms. The van der Waals surface area contributed by atoms with Gasteiger partial charge in [-0.1, -0.05) is 0 Å². The first kappa shape index (κ1) is 12.5. The molecule has 0 aliphatic heterocycles. The van der Waals surface area contributed by atoms with Crippen LogP contribution in [0.1, 0.15) is 23.6 Å². The number of nitrogen functional groups attached to an aromatic ring is 1.